The number of pyridine rings is 1. The summed E-state index contributed by atoms with van der Waals surface area (Å²) in [6, 6.07) is 2.35. The van der Waals surface area contributed by atoms with Crippen molar-refractivity contribution in [1.82, 2.24) is 20.1 Å². The standard InChI is InChI=1S/C20H35N5O/c1-5-23(6-2)11-7-8-18(4)22-20(26)25-14-12-24(13-15-25)19-9-10-21-16-17(19)3/h9-10,16,18H,5-8,11-15H2,1-4H3,(H,22,26)/t18-/m1/s1. The van der Waals surface area contributed by atoms with Crippen LogP contribution in [0.25, 0.3) is 0 Å². The summed E-state index contributed by atoms with van der Waals surface area (Å²) in [4.78, 5) is 23.4. The van der Waals surface area contributed by atoms with Crippen LogP contribution in [-0.2, 0) is 0 Å². The van der Waals surface area contributed by atoms with Crippen LogP contribution in [0, 0.1) is 6.92 Å². The molecular weight excluding hydrogens is 326 g/mol. The second kappa shape index (κ2) is 10.4. The molecule has 1 saturated heterocycles. The number of aromatic nitrogens is 1. The lowest BCUT2D eigenvalue weighted by molar-refractivity contribution is 0.189. The number of aryl methyl sites for hydroxylation is 1. The monoisotopic (exact) mass is 361 g/mol. The molecule has 0 radical (unpaired) electrons. The number of rotatable bonds is 8. The number of anilines is 1. The van der Waals surface area contributed by atoms with Gasteiger partial charge in [-0.25, -0.2) is 4.79 Å². The van der Waals surface area contributed by atoms with Crippen LogP contribution in [0.3, 0.4) is 0 Å². The Morgan fingerprint density at radius 2 is 1.96 bits per heavy atom. The van der Waals surface area contributed by atoms with Crippen molar-refractivity contribution in [2.24, 2.45) is 0 Å². The lowest BCUT2D eigenvalue weighted by Crippen LogP contribution is -2.53. The molecule has 1 fully saturated rings. The second-order valence-corrected chi connectivity index (χ2v) is 7.16. The first-order valence-electron chi connectivity index (χ1n) is 9.98. The van der Waals surface area contributed by atoms with E-state index < -0.39 is 0 Å². The fourth-order valence-electron chi connectivity index (χ4n) is 3.51. The molecular formula is C20H35N5O. The van der Waals surface area contributed by atoms with Gasteiger partial charge in [-0.2, -0.15) is 0 Å². The van der Waals surface area contributed by atoms with E-state index in [1.54, 1.807) is 0 Å². The van der Waals surface area contributed by atoms with E-state index in [1.165, 1.54) is 11.3 Å². The minimum Gasteiger partial charge on any atom is -0.368 e. The van der Waals surface area contributed by atoms with E-state index in [2.05, 4.69) is 53.9 Å². The van der Waals surface area contributed by atoms with Crippen molar-refractivity contribution < 1.29 is 4.79 Å². The van der Waals surface area contributed by atoms with Gasteiger partial charge in [0.05, 0.1) is 0 Å². The topological polar surface area (TPSA) is 51.7 Å². The lowest BCUT2D eigenvalue weighted by atomic mass is 10.1. The Labute approximate surface area is 158 Å². The van der Waals surface area contributed by atoms with Gasteiger partial charge in [0.25, 0.3) is 0 Å². The molecule has 26 heavy (non-hydrogen) atoms. The first kappa shape index (κ1) is 20.5. The third kappa shape index (κ3) is 5.87. The van der Waals surface area contributed by atoms with Crippen LogP contribution < -0.4 is 10.2 Å². The molecule has 1 aromatic heterocycles. The average molecular weight is 362 g/mol. The number of carbonyl (C=O) groups excluding carboxylic acids is 1. The van der Waals surface area contributed by atoms with Gasteiger partial charge in [0.15, 0.2) is 0 Å². The minimum absolute atomic E-state index is 0.0754. The molecule has 1 aliphatic rings. The summed E-state index contributed by atoms with van der Waals surface area (Å²) in [5.74, 6) is 0. The highest BCUT2D eigenvalue weighted by Gasteiger charge is 2.22. The zero-order valence-electron chi connectivity index (χ0n) is 16.9. The smallest absolute Gasteiger partial charge is 0.317 e. The van der Waals surface area contributed by atoms with Gasteiger partial charge >= 0.3 is 6.03 Å². The third-order valence-electron chi connectivity index (χ3n) is 5.27. The minimum atomic E-state index is 0.0754. The van der Waals surface area contributed by atoms with Gasteiger partial charge in [0.2, 0.25) is 0 Å². The summed E-state index contributed by atoms with van der Waals surface area (Å²) < 4.78 is 0. The molecule has 1 atom stereocenters. The zero-order valence-corrected chi connectivity index (χ0v) is 16.9. The zero-order chi connectivity index (χ0) is 18.9. The average Bonchev–Trinajstić information content (AvgIpc) is 2.66. The third-order valence-corrected chi connectivity index (χ3v) is 5.27. The summed E-state index contributed by atoms with van der Waals surface area (Å²) in [6.07, 6.45) is 5.88. The summed E-state index contributed by atoms with van der Waals surface area (Å²) in [5, 5.41) is 3.17. The van der Waals surface area contributed by atoms with E-state index in [0.717, 1.165) is 58.7 Å². The van der Waals surface area contributed by atoms with Crippen molar-refractivity contribution in [3.63, 3.8) is 0 Å². The first-order valence-corrected chi connectivity index (χ1v) is 9.98. The number of amides is 2. The van der Waals surface area contributed by atoms with E-state index in [-0.39, 0.29) is 12.1 Å². The van der Waals surface area contributed by atoms with E-state index >= 15 is 0 Å². The Bertz CT molecular complexity index is 553. The molecule has 0 aliphatic carbocycles. The number of carbonyl (C=O) groups is 1. The molecule has 1 aromatic rings. The van der Waals surface area contributed by atoms with E-state index in [4.69, 9.17) is 0 Å². The Balaban J connectivity index is 1.72. The van der Waals surface area contributed by atoms with Crippen LogP contribution in [-0.4, -0.2) is 72.7 Å². The fraction of sp³-hybridized carbons (Fsp3) is 0.700. The highest BCUT2D eigenvalue weighted by molar-refractivity contribution is 5.75. The molecule has 0 aromatic carbocycles. The normalized spacial score (nSPS) is 16.0. The highest BCUT2D eigenvalue weighted by atomic mass is 16.2. The van der Waals surface area contributed by atoms with Crippen LogP contribution in [0.4, 0.5) is 10.5 Å². The summed E-state index contributed by atoms with van der Waals surface area (Å²) in [6.45, 7) is 15.2. The molecule has 2 amide bonds. The summed E-state index contributed by atoms with van der Waals surface area (Å²) in [7, 11) is 0. The molecule has 0 spiro atoms. The molecule has 6 heteroatoms. The molecule has 1 aliphatic heterocycles. The maximum atomic E-state index is 12.5. The highest BCUT2D eigenvalue weighted by Crippen LogP contribution is 2.19. The van der Waals surface area contributed by atoms with Crippen LogP contribution in [0.15, 0.2) is 18.5 Å². The fourth-order valence-corrected chi connectivity index (χ4v) is 3.51. The van der Waals surface area contributed by atoms with E-state index in [9.17, 15) is 4.79 Å². The molecule has 0 saturated carbocycles. The first-order chi connectivity index (χ1) is 12.5. The molecule has 146 valence electrons. The number of nitrogens with one attached hydrogen (secondary N) is 1. The largest absolute Gasteiger partial charge is 0.368 e. The SMILES string of the molecule is CCN(CC)CCC[C@@H](C)NC(=O)N1CCN(c2ccncc2C)CC1. The lowest BCUT2D eigenvalue weighted by Gasteiger charge is -2.37. The molecule has 0 unspecified atom stereocenters. The van der Waals surface area contributed by atoms with Crippen molar-refractivity contribution >= 4 is 11.7 Å². The number of hydrogen-bond donors (Lipinski definition) is 1. The van der Waals surface area contributed by atoms with Gasteiger partial charge < -0.3 is 20.0 Å². The molecule has 6 nitrogen and oxygen atoms in total. The Morgan fingerprint density at radius 3 is 2.58 bits per heavy atom. The van der Waals surface area contributed by atoms with Gasteiger partial charge in [-0.1, -0.05) is 13.8 Å². The number of nitrogens with zero attached hydrogens (tertiary/aromatic N) is 4. The van der Waals surface area contributed by atoms with Crippen LogP contribution in [0.2, 0.25) is 0 Å². The van der Waals surface area contributed by atoms with Gasteiger partial charge in [-0.05, 0) is 58.0 Å². The maximum Gasteiger partial charge on any atom is 0.317 e. The summed E-state index contributed by atoms with van der Waals surface area (Å²) >= 11 is 0. The molecule has 2 heterocycles. The van der Waals surface area contributed by atoms with Crippen molar-refractivity contribution in [3.8, 4) is 0 Å². The Hall–Kier alpha value is -1.82. The predicted octanol–water partition coefficient (Wildman–Crippen LogP) is 2.73. The van der Waals surface area contributed by atoms with Crippen molar-refractivity contribution in [3.05, 3.63) is 24.0 Å². The second-order valence-electron chi connectivity index (χ2n) is 7.16. The number of piperazine rings is 1. The van der Waals surface area contributed by atoms with Crippen molar-refractivity contribution in [1.29, 1.82) is 0 Å². The van der Waals surface area contributed by atoms with Crippen LogP contribution in [0.5, 0.6) is 0 Å². The van der Waals surface area contributed by atoms with Gasteiger partial charge in [-0.15, -0.1) is 0 Å². The quantitative estimate of drug-likeness (QED) is 0.773. The number of urea groups is 1. The van der Waals surface area contributed by atoms with Crippen molar-refractivity contribution in [2.45, 2.75) is 46.6 Å². The molecule has 0 bridgehead atoms. The maximum absolute atomic E-state index is 12.5. The van der Waals surface area contributed by atoms with Gasteiger partial charge in [-0.3, -0.25) is 4.98 Å². The predicted molar refractivity (Wildman–Crippen MR) is 108 cm³/mol. The van der Waals surface area contributed by atoms with Gasteiger partial charge in [0, 0.05) is 50.3 Å². The van der Waals surface area contributed by atoms with Gasteiger partial charge in [0.1, 0.15) is 0 Å². The van der Waals surface area contributed by atoms with Crippen LogP contribution in [0.1, 0.15) is 39.2 Å². The number of hydrogen-bond acceptors (Lipinski definition) is 4. The Morgan fingerprint density at radius 1 is 1.27 bits per heavy atom. The van der Waals surface area contributed by atoms with Crippen LogP contribution >= 0.6 is 0 Å². The summed E-state index contributed by atoms with van der Waals surface area (Å²) in [5.41, 5.74) is 2.41. The van der Waals surface area contributed by atoms with E-state index in [0.29, 0.717) is 0 Å². The van der Waals surface area contributed by atoms with Crippen molar-refractivity contribution in [2.75, 3.05) is 50.7 Å². The van der Waals surface area contributed by atoms with E-state index in [1.807, 2.05) is 17.3 Å². The Kier molecular flexibility index (Phi) is 8.16. The molecule has 2 rings (SSSR count). The molecule has 1 N–H and O–H groups in total.